The van der Waals surface area contributed by atoms with Gasteiger partial charge in [0.2, 0.25) is 5.91 Å². The number of nitrogens with zero attached hydrogens (tertiary/aromatic N) is 3. The summed E-state index contributed by atoms with van der Waals surface area (Å²) in [5, 5.41) is 19.7. The highest BCUT2D eigenvalue weighted by atomic mass is 16.4. The zero-order chi connectivity index (χ0) is 13.4. The molecule has 0 saturated carbocycles. The SMILES string of the molecule is O=C(O)c1cccc2c1nnn2C1CCCNC1=O. The summed E-state index contributed by atoms with van der Waals surface area (Å²) in [6.45, 7) is 0.669. The Kier molecular flexibility index (Phi) is 2.66. The lowest BCUT2D eigenvalue weighted by molar-refractivity contribution is -0.126. The Morgan fingerprint density at radius 2 is 2.32 bits per heavy atom. The Morgan fingerprint density at radius 3 is 3.05 bits per heavy atom. The van der Waals surface area contributed by atoms with Crippen LogP contribution in [0.1, 0.15) is 29.2 Å². The minimum absolute atomic E-state index is 0.0972. The number of aromatic carboxylic acids is 1. The van der Waals surface area contributed by atoms with E-state index in [1.54, 1.807) is 12.1 Å². The summed E-state index contributed by atoms with van der Waals surface area (Å²) in [6.07, 6.45) is 1.55. The summed E-state index contributed by atoms with van der Waals surface area (Å²) >= 11 is 0. The molecule has 1 aliphatic heterocycles. The van der Waals surface area contributed by atoms with E-state index in [9.17, 15) is 9.59 Å². The number of carbonyl (C=O) groups excluding carboxylic acids is 1. The zero-order valence-electron chi connectivity index (χ0n) is 10.0. The van der Waals surface area contributed by atoms with Crippen molar-refractivity contribution < 1.29 is 14.7 Å². The molecular weight excluding hydrogens is 248 g/mol. The first kappa shape index (κ1) is 11.6. The Morgan fingerprint density at radius 1 is 1.47 bits per heavy atom. The van der Waals surface area contributed by atoms with Crippen molar-refractivity contribution in [1.82, 2.24) is 20.3 Å². The molecule has 0 spiro atoms. The molecule has 19 heavy (non-hydrogen) atoms. The lowest BCUT2D eigenvalue weighted by Crippen LogP contribution is -2.38. The molecule has 2 N–H and O–H groups in total. The number of rotatable bonds is 2. The van der Waals surface area contributed by atoms with Gasteiger partial charge in [-0.3, -0.25) is 4.79 Å². The Bertz CT molecular complexity index is 664. The van der Waals surface area contributed by atoms with Gasteiger partial charge in [0, 0.05) is 6.54 Å². The monoisotopic (exact) mass is 260 g/mol. The highest BCUT2D eigenvalue weighted by Crippen LogP contribution is 2.23. The molecule has 0 bridgehead atoms. The molecule has 2 heterocycles. The van der Waals surface area contributed by atoms with Crippen LogP contribution in [0.3, 0.4) is 0 Å². The van der Waals surface area contributed by atoms with Gasteiger partial charge in [0.25, 0.3) is 0 Å². The van der Waals surface area contributed by atoms with E-state index in [1.165, 1.54) is 10.7 Å². The van der Waals surface area contributed by atoms with Crippen molar-refractivity contribution in [2.24, 2.45) is 0 Å². The summed E-state index contributed by atoms with van der Waals surface area (Å²) in [7, 11) is 0. The average molecular weight is 260 g/mol. The molecule has 98 valence electrons. The van der Waals surface area contributed by atoms with Gasteiger partial charge < -0.3 is 10.4 Å². The van der Waals surface area contributed by atoms with Crippen molar-refractivity contribution in [3.8, 4) is 0 Å². The minimum Gasteiger partial charge on any atom is -0.478 e. The zero-order valence-corrected chi connectivity index (χ0v) is 10.0. The van der Waals surface area contributed by atoms with E-state index < -0.39 is 12.0 Å². The van der Waals surface area contributed by atoms with Crippen LogP contribution in [0.4, 0.5) is 0 Å². The number of nitrogens with one attached hydrogen (secondary N) is 1. The lowest BCUT2D eigenvalue weighted by atomic mass is 10.1. The molecule has 1 fully saturated rings. The van der Waals surface area contributed by atoms with Crippen LogP contribution in [0.2, 0.25) is 0 Å². The lowest BCUT2D eigenvalue weighted by Gasteiger charge is -2.21. The molecule has 1 saturated heterocycles. The van der Waals surface area contributed by atoms with Crippen LogP contribution < -0.4 is 5.32 Å². The second kappa shape index (κ2) is 4.34. The summed E-state index contributed by atoms with van der Waals surface area (Å²) < 4.78 is 1.51. The standard InChI is InChI=1S/C12H12N4O3/c17-11-9(5-2-6-13-11)16-8-4-1-3-7(12(18)19)10(8)14-15-16/h1,3-4,9H,2,5-6H2,(H,13,17)(H,18,19). The Labute approximate surface area is 108 Å². The average Bonchev–Trinajstić information content (AvgIpc) is 2.82. The smallest absolute Gasteiger partial charge is 0.338 e. The number of piperidine rings is 1. The third-order valence-corrected chi connectivity index (χ3v) is 3.28. The van der Waals surface area contributed by atoms with Crippen molar-refractivity contribution >= 4 is 22.9 Å². The van der Waals surface area contributed by atoms with Crippen LogP contribution in [0, 0.1) is 0 Å². The first-order chi connectivity index (χ1) is 9.18. The molecule has 1 aromatic carbocycles. The van der Waals surface area contributed by atoms with Gasteiger partial charge in [-0.25, -0.2) is 9.48 Å². The maximum Gasteiger partial charge on any atom is 0.338 e. The van der Waals surface area contributed by atoms with Gasteiger partial charge in [0.1, 0.15) is 11.6 Å². The molecule has 1 amide bonds. The van der Waals surface area contributed by atoms with Gasteiger partial charge in [0.15, 0.2) is 0 Å². The number of carboxylic acids is 1. The molecule has 0 aliphatic carbocycles. The predicted octanol–water partition coefficient (Wildman–Crippen LogP) is 0.581. The predicted molar refractivity (Wildman–Crippen MR) is 65.8 cm³/mol. The topological polar surface area (TPSA) is 97.1 Å². The first-order valence-electron chi connectivity index (χ1n) is 6.03. The normalized spacial score (nSPS) is 19.4. The molecule has 1 aromatic heterocycles. The molecule has 1 atom stereocenters. The van der Waals surface area contributed by atoms with Crippen LogP contribution in [0.5, 0.6) is 0 Å². The van der Waals surface area contributed by atoms with E-state index in [1.807, 2.05) is 0 Å². The second-order valence-electron chi connectivity index (χ2n) is 4.46. The molecule has 2 aromatic rings. The number of hydrogen-bond donors (Lipinski definition) is 2. The van der Waals surface area contributed by atoms with E-state index in [-0.39, 0.29) is 11.5 Å². The third-order valence-electron chi connectivity index (χ3n) is 3.28. The molecule has 1 aliphatic rings. The van der Waals surface area contributed by atoms with E-state index >= 15 is 0 Å². The largest absolute Gasteiger partial charge is 0.478 e. The van der Waals surface area contributed by atoms with Gasteiger partial charge in [-0.1, -0.05) is 11.3 Å². The molecular formula is C12H12N4O3. The van der Waals surface area contributed by atoms with Crippen molar-refractivity contribution in [2.75, 3.05) is 6.54 Å². The summed E-state index contributed by atoms with van der Waals surface area (Å²) in [4.78, 5) is 22.9. The maximum absolute atomic E-state index is 11.8. The fourth-order valence-corrected chi connectivity index (χ4v) is 2.35. The molecule has 7 heteroatoms. The van der Waals surface area contributed by atoms with E-state index in [0.717, 1.165) is 6.42 Å². The van der Waals surface area contributed by atoms with E-state index in [4.69, 9.17) is 5.11 Å². The minimum atomic E-state index is -1.05. The van der Waals surface area contributed by atoms with Crippen molar-refractivity contribution in [3.05, 3.63) is 23.8 Å². The highest BCUT2D eigenvalue weighted by Gasteiger charge is 2.27. The first-order valence-corrected chi connectivity index (χ1v) is 6.03. The summed E-state index contributed by atoms with van der Waals surface area (Å²) in [5.74, 6) is -1.15. The third kappa shape index (κ3) is 1.83. The fourth-order valence-electron chi connectivity index (χ4n) is 2.35. The fraction of sp³-hybridized carbons (Fsp3) is 0.333. The number of benzene rings is 1. The number of fused-ring (bicyclic) bond motifs is 1. The van der Waals surface area contributed by atoms with Gasteiger partial charge in [-0.15, -0.1) is 5.10 Å². The highest BCUT2D eigenvalue weighted by molar-refractivity contribution is 6.01. The number of carbonyl (C=O) groups is 2. The Hall–Kier alpha value is -2.44. The summed E-state index contributed by atoms with van der Waals surface area (Å²) in [5.41, 5.74) is 0.982. The van der Waals surface area contributed by atoms with Crippen LogP contribution in [-0.4, -0.2) is 38.5 Å². The van der Waals surface area contributed by atoms with Gasteiger partial charge in [0.05, 0.1) is 11.1 Å². The van der Waals surface area contributed by atoms with E-state index in [2.05, 4.69) is 15.6 Å². The van der Waals surface area contributed by atoms with Crippen molar-refractivity contribution in [2.45, 2.75) is 18.9 Å². The molecule has 1 unspecified atom stereocenters. The van der Waals surface area contributed by atoms with Crippen molar-refractivity contribution in [3.63, 3.8) is 0 Å². The van der Waals surface area contributed by atoms with E-state index in [0.29, 0.717) is 24.0 Å². The number of aromatic nitrogens is 3. The number of amides is 1. The van der Waals surface area contributed by atoms with Crippen LogP contribution >= 0.6 is 0 Å². The number of carboxylic acid groups (broad SMARTS) is 1. The van der Waals surface area contributed by atoms with Crippen LogP contribution in [-0.2, 0) is 4.79 Å². The maximum atomic E-state index is 11.8. The van der Waals surface area contributed by atoms with Crippen LogP contribution in [0.25, 0.3) is 11.0 Å². The quantitative estimate of drug-likeness (QED) is 0.823. The number of hydrogen-bond acceptors (Lipinski definition) is 4. The molecule has 7 nitrogen and oxygen atoms in total. The second-order valence-corrected chi connectivity index (χ2v) is 4.46. The van der Waals surface area contributed by atoms with Gasteiger partial charge >= 0.3 is 5.97 Å². The molecule has 0 radical (unpaired) electrons. The van der Waals surface area contributed by atoms with Crippen molar-refractivity contribution in [1.29, 1.82) is 0 Å². The van der Waals surface area contributed by atoms with Gasteiger partial charge in [-0.05, 0) is 25.0 Å². The molecule has 3 rings (SSSR count). The van der Waals surface area contributed by atoms with Crippen LogP contribution in [0.15, 0.2) is 18.2 Å². The van der Waals surface area contributed by atoms with Gasteiger partial charge in [-0.2, -0.15) is 0 Å². The summed E-state index contributed by atoms with van der Waals surface area (Å²) in [6, 6.07) is 4.42. The Balaban J connectivity index is 2.13.